The van der Waals surface area contributed by atoms with Gasteiger partial charge in [-0.3, -0.25) is 4.68 Å². The lowest BCUT2D eigenvalue weighted by atomic mass is 10.1. The van der Waals surface area contributed by atoms with Gasteiger partial charge in [0, 0.05) is 13.5 Å². The fourth-order valence-electron chi connectivity index (χ4n) is 1.52. The third-order valence-electron chi connectivity index (χ3n) is 2.51. The lowest BCUT2D eigenvalue weighted by molar-refractivity contribution is 0.174. The largest absolute Gasteiger partial charge is 0.388 e. The van der Waals surface area contributed by atoms with E-state index in [0.29, 0.717) is 27.9 Å². The first-order chi connectivity index (χ1) is 8.08. The molecule has 0 saturated heterocycles. The number of nitrogens with zero attached hydrogens (tertiary/aromatic N) is 3. The first-order valence-corrected chi connectivity index (χ1v) is 5.79. The maximum atomic E-state index is 10.0. The molecule has 0 amide bonds. The minimum atomic E-state index is -0.673. The molecule has 1 atom stereocenters. The van der Waals surface area contributed by atoms with Gasteiger partial charge in [-0.25, -0.2) is 4.98 Å². The number of rotatable bonds is 3. The summed E-state index contributed by atoms with van der Waals surface area (Å²) >= 11 is 11.7. The van der Waals surface area contributed by atoms with Crippen LogP contribution in [-0.4, -0.2) is 19.9 Å². The minimum Gasteiger partial charge on any atom is -0.388 e. The van der Waals surface area contributed by atoms with Crippen LogP contribution >= 0.6 is 23.2 Å². The van der Waals surface area contributed by atoms with Gasteiger partial charge in [0.1, 0.15) is 12.2 Å². The molecule has 0 bridgehead atoms. The molecule has 0 radical (unpaired) electrons. The molecule has 1 unspecified atom stereocenters. The van der Waals surface area contributed by atoms with Gasteiger partial charge in [-0.2, -0.15) is 5.10 Å². The normalized spacial score (nSPS) is 12.7. The van der Waals surface area contributed by atoms with Crippen LogP contribution in [0, 0.1) is 0 Å². The number of aromatic nitrogens is 3. The Morgan fingerprint density at radius 3 is 2.71 bits per heavy atom. The van der Waals surface area contributed by atoms with Crippen LogP contribution in [0.1, 0.15) is 17.5 Å². The standard InChI is InChI=1S/C11H11Cl2N3O/c1-16-11(14-6-15-16)5-10(17)7-2-3-8(12)9(13)4-7/h2-4,6,10,17H,5H2,1H3. The van der Waals surface area contributed by atoms with E-state index >= 15 is 0 Å². The molecule has 0 fully saturated rings. The van der Waals surface area contributed by atoms with Crippen LogP contribution in [0.3, 0.4) is 0 Å². The highest BCUT2D eigenvalue weighted by Crippen LogP contribution is 2.26. The molecule has 6 heteroatoms. The Morgan fingerprint density at radius 1 is 1.35 bits per heavy atom. The number of halogens is 2. The Hall–Kier alpha value is -1.10. The van der Waals surface area contributed by atoms with E-state index in [1.54, 1.807) is 29.9 Å². The summed E-state index contributed by atoms with van der Waals surface area (Å²) < 4.78 is 1.63. The predicted molar refractivity (Wildman–Crippen MR) is 66.1 cm³/mol. The van der Waals surface area contributed by atoms with Gasteiger partial charge in [0.2, 0.25) is 0 Å². The molecular weight excluding hydrogens is 261 g/mol. The summed E-state index contributed by atoms with van der Waals surface area (Å²) in [5.74, 6) is 0.712. The van der Waals surface area contributed by atoms with E-state index in [2.05, 4.69) is 10.1 Å². The zero-order chi connectivity index (χ0) is 12.4. The number of aliphatic hydroxyl groups is 1. The first-order valence-electron chi connectivity index (χ1n) is 5.04. The summed E-state index contributed by atoms with van der Waals surface area (Å²) in [5.41, 5.74) is 0.711. The van der Waals surface area contributed by atoms with Gasteiger partial charge in [0.15, 0.2) is 0 Å². The second-order valence-electron chi connectivity index (χ2n) is 3.69. The average molecular weight is 272 g/mol. The third-order valence-corrected chi connectivity index (χ3v) is 3.25. The van der Waals surface area contributed by atoms with E-state index in [0.717, 1.165) is 0 Å². The number of hydrogen-bond acceptors (Lipinski definition) is 3. The number of benzene rings is 1. The number of aryl methyl sites for hydroxylation is 1. The van der Waals surface area contributed by atoms with Gasteiger partial charge in [-0.1, -0.05) is 29.3 Å². The topological polar surface area (TPSA) is 50.9 Å². The smallest absolute Gasteiger partial charge is 0.138 e. The van der Waals surface area contributed by atoms with Gasteiger partial charge in [0.05, 0.1) is 16.1 Å². The van der Waals surface area contributed by atoms with Crippen LogP contribution in [-0.2, 0) is 13.5 Å². The Morgan fingerprint density at radius 2 is 2.12 bits per heavy atom. The van der Waals surface area contributed by atoms with E-state index in [9.17, 15) is 5.11 Å². The quantitative estimate of drug-likeness (QED) is 0.933. The maximum absolute atomic E-state index is 10.0. The SMILES string of the molecule is Cn1ncnc1CC(O)c1ccc(Cl)c(Cl)c1. The van der Waals surface area contributed by atoms with Crippen molar-refractivity contribution in [3.8, 4) is 0 Å². The molecule has 0 aliphatic rings. The molecule has 0 aliphatic carbocycles. The van der Waals surface area contributed by atoms with Crippen molar-refractivity contribution < 1.29 is 5.11 Å². The van der Waals surface area contributed by atoms with Crippen molar-refractivity contribution in [3.05, 3.63) is 46.0 Å². The third kappa shape index (κ3) is 2.77. The molecule has 0 aliphatic heterocycles. The number of hydrogen-bond donors (Lipinski definition) is 1. The highest BCUT2D eigenvalue weighted by atomic mass is 35.5. The second kappa shape index (κ2) is 5.04. The fraction of sp³-hybridized carbons (Fsp3) is 0.273. The molecular formula is C11H11Cl2N3O. The van der Waals surface area contributed by atoms with Crippen molar-refractivity contribution in [3.63, 3.8) is 0 Å². The van der Waals surface area contributed by atoms with E-state index < -0.39 is 6.10 Å². The van der Waals surface area contributed by atoms with Crippen molar-refractivity contribution in [2.24, 2.45) is 7.05 Å². The van der Waals surface area contributed by atoms with Crippen molar-refractivity contribution in [2.45, 2.75) is 12.5 Å². The summed E-state index contributed by atoms with van der Waals surface area (Å²) in [4.78, 5) is 4.05. The summed E-state index contributed by atoms with van der Waals surface area (Å²) in [6.07, 6.45) is 1.17. The molecule has 0 saturated carbocycles. The molecule has 2 rings (SSSR count). The van der Waals surface area contributed by atoms with E-state index in [1.807, 2.05) is 0 Å². The Kier molecular flexibility index (Phi) is 3.66. The van der Waals surface area contributed by atoms with Crippen LogP contribution in [0.25, 0.3) is 0 Å². The molecule has 0 spiro atoms. The lowest BCUT2D eigenvalue weighted by Gasteiger charge is -2.11. The minimum absolute atomic E-state index is 0.383. The fourth-order valence-corrected chi connectivity index (χ4v) is 1.82. The molecule has 1 aromatic carbocycles. The van der Waals surface area contributed by atoms with E-state index in [-0.39, 0.29) is 0 Å². The van der Waals surface area contributed by atoms with Crippen LogP contribution < -0.4 is 0 Å². The molecule has 90 valence electrons. The molecule has 1 heterocycles. The lowest BCUT2D eigenvalue weighted by Crippen LogP contribution is -2.07. The van der Waals surface area contributed by atoms with Crippen molar-refractivity contribution in [1.29, 1.82) is 0 Å². The van der Waals surface area contributed by atoms with E-state index in [4.69, 9.17) is 23.2 Å². The first kappa shape index (κ1) is 12.4. The van der Waals surface area contributed by atoms with Crippen LogP contribution in [0.2, 0.25) is 10.0 Å². The molecule has 17 heavy (non-hydrogen) atoms. The Bertz CT molecular complexity index is 527. The van der Waals surface area contributed by atoms with E-state index in [1.165, 1.54) is 6.33 Å². The van der Waals surface area contributed by atoms with Gasteiger partial charge in [0.25, 0.3) is 0 Å². The van der Waals surface area contributed by atoms with Crippen LogP contribution in [0.15, 0.2) is 24.5 Å². The second-order valence-corrected chi connectivity index (χ2v) is 4.51. The summed E-state index contributed by atoms with van der Waals surface area (Å²) in [5, 5.41) is 14.9. The molecule has 4 nitrogen and oxygen atoms in total. The van der Waals surface area contributed by atoms with Gasteiger partial charge < -0.3 is 5.11 Å². The zero-order valence-electron chi connectivity index (χ0n) is 9.14. The van der Waals surface area contributed by atoms with Crippen molar-refractivity contribution in [2.75, 3.05) is 0 Å². The Balaban J connectivity index is 2.17. The van der Waals surface area contributed by atoms with Gasteiger partial charge >= 0.3 is 0 Å². The zero-order valence-corrected chi connectivity index (χ0v) is 10.7. The highest BCUT2D eigenvalue weighted by Gasteiger charge is 2.13. The van der Waals surface area contributed by atoms with Crippen molar-refractivity contribution >= 4 is 23.2 Å². The average Bonchev–Trinajstić information content (AvgIpc) is 2.68. The summed E-state index contributed by atoms with van der Waals surface area (Å²) in [7, 11) is 1.78. The summed E-state index contributed by atoms with van der Waals surface area (Å²) in [6, 6.07) is 5.07. The molecule has 2 aromatic rings. The maximum Gasteiger partial charge on any atom is 0.138 e. The van der Waals surface area contributed by atoms with Crippen molar-refractivity contribution in [1.82, 2.24) is 14.8 Å². The molecule has 1 aromatic heterocycles. The molecule has 1 N–H and O–H groups in total. The predicted octanol–water partition coefficient (Wildman–Crippen LogP) is 2.40. The van der Waals surface area contributed by atoms with Crippen LogP contribution in [0.4, 0.5) is 0 Å². The van der Waals surface area contributed by atoms with Gasteiger partial charge in [-0.15, -0.1) is 0 Å². The Labute approximate surface area is 109 Å². The van der Waals surface area contributed by atoms with Gasteiger partial charge in [-0.05, 0) is 17.7 Å². The van der Waals surface area contributed by atoms with Crippen LogP contribution in [0.5, 0.6) is 0 Å². The number of aliphatic hydroxyl groups excluding tert-OH is 1. The summed E-state index contributed by atoms with van der Waals surface area (Å²) in [6.45, 7) is 0. The highest BCUT2D eigenvalue weighted by molar-refractivity contribution is 6.42. The monoisotopic (exact) mass is 271 g/mol.